The van der Waals surface area contributed by atoms with Crippen molar-refractivity contribution >= 4 is 44.6 Å². The Bertz CT molecular complexity index is 652. The summed E-state index contributed by atoms with van der Waals surface area (Å²) in [6, 6.07) is 8.12. The highest BCUT2D eigenvalue weighted by Crippen LogP contribution is 2.34. The summed E-state index contributed by atoms with van der Waals surface area (Å²) in [7, 11) is 0. The first-order valence-electron chi connectivity index (χ1n) is 6.45. The lowest BCUT2D eigenvalue weighted by atomic mass is 10.2. The van der Waals surface area contributed by atoms with Gasteiger partial charge in [-0.25, -0.2) is 4.39 Å². The van der Waals surface area contributed by atoms with Crippen molar-refractivity contribution in [3.63, 3.8) is 0 Å². The van der Waals surface area contributed by atoms with Crippen molar-refractivity contribution < 1.29 is 9.13 Å². The molecule has 3 nitrogen and oxygen atoms in total. The van der Waals surface area contributed by atoms with Crippen molar-refractivity contribution in [2.24, 2.45) is 0 Å². The molecule has 0 fully saturated rings. The summed E-state index contributed by atoms with van der Waals surface area (Å²) in [6.45, 7) is 2.40. The molecule has 0 amide bonds. The summed E-state index contributed by atoms with van der Waals surface area (Å²) in [5.41, 5.74) is 7.44. The van der Waals surface area contributed by atoms with Crippen molar-refractivity contribution in [3.05, 3.63) is 45.6 Å². The topological polar surface area (TPSA) is 47.3 Å². The average Bonchev–Trinajstić information content (AvgIpc) is 2.44. The lowest BCUT2D eigenvalue weighted by Crippen LogP contribution is -2.02. The van der Waals surface area contributed by atoms with Crippen LogP contribution >= 0.6 is 27.5 Å². The van der Waals surface area contributed by atoms with E-state index < -0.39 is 5.82 Å². The maximum absolute atomic E-state index is 13.8. The molecule has 0 saturated heterocycles. The van der Waals surface area contributed by atoms with Crippen LogP contribution < -0.4 is 15.8 Å². The molecule has 0 unspecified atom stereocenters. The first kappa shape index (κ1) is 15.9. The molecule has 6 heteroatoms. The number of nitrogens with one attached hydrogen (secondary N) is 1. The molecule has 3 N–H and O–H groups in total. The van der Waals surface area contributed by atoms with Crippen LogP contribution in [0.25, 0.3) is 0 Å². The first-order valence-corrected chi connectivity index (χ1v) is 7.62. The molecular formula is C15H15BrClFN2O. The summed E-state index contributed by atoms with van der Waals surface area (Å²) in [4.78, 5) is 0. The number of ether oxygens (including phenoxy) is 1. The Morgan fingerprint density at radius 3 is 2.76 bits per heavy atom. The third-order valence-electron chi connectivity index (χ3n) is 2.76. The molecule has 21 heavy (non-hydrogen) atoms. The summed E-state index contributed by atoms with van der Waals surface area (Å²) < 4.78 is 20.0. The molecule has 2 aromatic carbocycles. The second-order valence-corrected chi connectivity index (χ2v) is 5.76. The van der Waals surface area contributed by atoms with Crippen molar-refractivity contribution in [1.29, 1.82) is 0 Å². The van der Waals surface area contributed by atoms with E-state index in [-0.39, 0.29) is 5.75 Å². The van der Waals surface area contributed by atoms with E-state index in [9.17, 15) is 4.39 Å². The summed E-state index contributed by atoms with van der Waals surface area (Å²) in [5.74, 6) is -0.302. The predicted octanol–water partition coefficient (Wildman–Crippen LogP) is 5.36. The summed E-state index contributed by atoms with van der Waals surface area (Å²) in [6.07, 6.45) is 0.798. The summed E-state index contributed by atoms with van der Waals surface area (Å²) >= 11 is 9.39. The van der Waals surface area contributed by atoms with Crippen LogP contribution in [0.5, 0.6) is 5.75 Å². The number of benzene rings is 2. The molecule has 0 bridgehead atoms. The molecule has 0 radical (unpaired) electrons. The van der Waals surface area contributed by atoms with Gasteiger partial charge in [-0.3, -0.25) is 0 Å². The molecule has 0 aliphatic heterocycles. The van der Waals surface area contributed by atoms with Crippen molar-refractivity contribution in [2.45, 2.75) is 13.3 Å². The Morgan fingerprint density at radius 1 is 1.29 bits per heavy atom. The number of hydrogen-bond acceptors (Lipinski definition) is 3. The fourth-order valence-corrected chi connectivity index (χ4v) is 2.26. The molecule has 0 aromatic heterocycles. The molecule has 0 atom stereocenters. The van der Waals surface area contributed by atoms with E-state index in [4.69, 9.17) is 22.1 Å². The molecule has 2 aromatic rings. The van der Waals surface area contributed by atoms with Gasteiger partial charge in [0, 0.05) is 21.6 Å². The molecule has 0 saturated carbocycles. The average molecular weight is 374 g/mol. The fourth-order valence-electron chi connectivity index (χ4n) is 1.74. The minimum atomic E-state index is -0.475. The minimum absolute atomic E-state index is 0.173. The third kappa shape index (κ3) is 4.02. The van der Waals surface area contributed by atoms with E-state index in [0.717, 1.165) is 16.6 Å². The second-order valence-electron chi connectivity index (χ2n) is 4.47. The zero-order valence-electron chi connectivity index (χ0n) is 11.4. The van der Waals surface area contributed by atoms with Gasteiger partial charge in [-0.05, 0) is 40.5 Å². The Kier molecular flexibility index (Phi) is 5.31. The van der Waals surface area contributed by atoms with Gasteiger partial charge in [0.15, 0.2) is 11.6 Å². The van der Waals surface area contributed by atoms with Gasteiger partial charge in [-0.2, -0.15) is 0 Å². The zero-order chi connectivity index (χ0) is 15.4. The van der Waals surface area contributed by atoms with Crippen LogP contribution in [0.3, 0.4) is 0 Å². The van der Waals surface area contributed by atoms with Gasteiger partial charge in [-0.1, -0.05) is 18.5 Å². The molecule has 0 spiro atoms. The minimum Gasteiger partial charge on any atom is -0.490 e. The lowest BCUT2D eigenvalue weighted by molar-refractivity contribution is 0.301. The fraction of sp³-hybridized carbons (Fsp3) is 0.200. The zero-order valence-corrected chi connectivity index (χ0v) is 13.8. The van der Waals surface area contributed by atoms with Crippen LogP contribution in [0, 0.1) is 5.82 Å². The van der Waals surface area contributed by atoms with Crippen LogP contribution in [-0.4, -0.2) is 6.61 Å². The van der Waals surface area contributed by atoms with Crippen LogP contribution in [0.2, 0.25) is 5.02 Å². The van der Waals surface area contributed by atoms with E-state index in [1.807, 2.05) is 13.0 Å². The third-order valence-corrected chi connectivity index (χ3v) is 3.69. The smallest absolute Gasteiger partial charge is 0.167 e. The van der Waals surface area contributed by atoms with Gasteiger partial charge in [-0.15, -0.1) is 0 Å². The van der Waals surface area contributed by atoms with E-state index in [1.54, 1.807) is 18.2 Å². The normalized spacial score (nSPS) is 10.5. The van der Waals surface area contributed by atoms with Crippen LogP contribution in [-0.2, 0) is 0 Å². The Morgan fingerprint density at radius 2 is 2.05 bits per heavy atom. The van der Waals surface area contributed by atoms with Crippen LogP contribution in [0.15, 0.2) is 34.8 Å². The van der Waals surface area contributed by atoms with Crippen LogP contribution in [0.1, 0.15) is 13.3 Å². The highest BCUT2D eigenvalue weighted by Gasteiger charge is 2.11. The highest BCUT2D eigenvalue weighted by molar-refractivity contribution is 9.10. The van der Waals surface area contributed by atoms with E-state index >= 15 is 0 Å². The van der Waals surface area contributed by atoms with Gasteiger partial charge in [0.1, 0.15) is 0 Å². The van der Waals surface area contributed by atoms with Crippen molar-refractivity contribution in [3.8, 4) is 5.75 Å². The van der Waals surface area contributed by atoms with Gasteiger partial charge < -0.3 is 15.8 Å². The Balaban J connectivity index is 2.32. The standard InChI is InChI=1S/C15H15BrClFN2O/c1-2-5-21-15-8-14(12(19)7-11(15)18)20-13-6-9(17)3-4-10(13)16/h3-4,6-8,20H,2,5,19H2,1H3. The number of halogens is 3. The molecule has 0 heterocycles. The van der Waals surface area contributed by atoms with Gasteiger partial charge >= 0.3 is 0 Å². The largest absolute Gasteiger partial charge is 0.490 e. The predicted molar refractivity (Wildman–Crippen MR) is 89.0 cm³/mol. The molecular weight excluding hydrogens is 359 g/mol. The highest BCUT2D eigenvalue weighted by atomic mass is 79.9. The first-order chi connectivity index (χ1) is 10.0. The van der Waals surface area contributed by atoms with Crippen LogP contribution in [0.4, 0.5) is 21.5 Å². The van der Waals surface area contributed by atoms with E-state index in [1.165, 1.54) is 6.07 Å². The molecule has 2 rings (SSSR count). The second kappa shape index (κ2) is 7.00. The maximum Gasteiger partial charge on any atom is 0.167 e. The molecule has 0 aliphatic carbocycles. The Hall–Kier alpha value is -1.46. The lowest BCUT2D eigenvalue weighted by Gasteiger charge is -2.14. The van der Waals surface area contributed by atoms with Gasteiger partial charge in [0.05, 0.1) is 23.7 Å². The van der Waals surface area contributed by atoms with E-state index in [2.05, 4.69) is 21.2 Å². The van der Waals surface area contributed by atoms with Crippen molar-refractivity contribution in [1.82, 2.24) is 0 Å². The number of nitrogens with two attached hydrogens (primary N) is 1. The number of nitrogen functional groups attached to an aromatic ring is 1. The van der Waals surface area contributed by atoms with Crippen molar-refractivity contribution in [2.75, 3.05) is 17.7 Å². The van der Waals surface area contributed by atoms with Gasteiger partial charge in [0.2, 0.25) is 0 Å². The summed E-state index contributed by atoms with van der Waals surface area (Å²) in [5, 5.41) is 3.71. The quantitative estimate of drug-likeness (QED) is 0.694. The van der Waals surface area contributed by atoms with E-state index in [0.29, 0.717) is 23.0 Å². The molecule has 0 aliphatic rings. The SMILES string of the molecule is CCCOc1cc(Nc2cc(Cl)ccc2Br)c(N)cc1F. The molecule has 112 valence electrons. The Labute approximate surface area is 136 Å². The number of rotatable bonds is 5. The monoisotopic (exact) mass is 372 g/mol. The number of hydrogen-bond donors (Lipinski definition) is 2. The maximum atomic E-state index is 13.8. The van der Waals surface area contributed by atoms with Gasteiger partial charge in [0.25, 0.3) is 0 Å². The number of anilines is 3.